The van der Waals surface area contributed by atoms with Crippen LogP contribution in [0.15, 0.2) is 12.4 Å². The molecule has 0 N–H and O–H groups in total. The quantitative estimate of drug-likeness (QED) is 0.698. The number of hydrogen-bond acceptors (Lipinski definition) is 8. The molecule has 0 radical (unpaired) electrons. The molecule has 2 heterocycles. The smallest absolute Gasteiger partial charge is 0.335 e. The zero-order chi connectivity index (χ0) is 11.4. The topological polar surface area (TPSA) is 95.8 Å². The molecule has 0 bridgehead atoms. The van der Waals surface area contributed by atoms with Gasteiger partial charge in [0.25, 0.3) is 5.88 Å². The predicted octanol–water partition coefficient (Wildman–Crippen LogP) is -0.259. The zero-order valence-corrected chi connectivity index (χ0v) is 8.65. The second-order valence-corrected chi connectivity index (χ2v) is 2.65. The van der Waals surface area contributed by atoms with Crippen molar-refractivity contribution in [2.24, 2.45) is 0 Å². The largest absolute Gasteiger partial charge is 0.479 e. The first-order chi connectivity index (χ1) is 7.83. The highest BCUT2D eigenvalue weighted by Crippen LogP contribution is 2.10. The highest BCUT2D eigenvalue weighted by atomic mass is 16.5. The molecule has 2 aromatic rings. The van der Waals surface area contributed by atoms with Crippen LogP contribution in [0.5, 0.6) is 11.9 Å². The molecule has 0 atom stereocenters. The van der Waals surface area contributed by atoms with E-state index in [1.807, 2.05) is 0 Å². The summed E-state index contributed by atoms with van der Waals surface area (Å²) >= 11 is 0. The van der Waals surface area contributed by atoms with Crippen molar-refractivity contribution in [1.82, 2.24) is 30.4 Å². The van der Waals surface area contributed by atoms with Gasteiger partial charge < -0.3 is 9.47 Å². The van der Waals surface area contributed by atoms with Gasteiger partial charge in [0.15, 0.2) is 5.69 Å². The third-order valence-corrected chi connectivity index (χ3v) is 1.70. The Bertz CT molecular complexity index is 411. The van der Waals surface area contributed by atoms with E-state index in [0.29, 0.717) is 17.4 Å². The standard InChI is InChI=1S/C8H8N6O2/c1-15-6-4-9-7(13-12-6)5-3-10-8(16-2)14-11-5/h3-4H,1-2H3. The van der Waals surface area contributed by atoms with Gasteiger partial charge in [-0.3, -0.25) is 0 Å². The highest BCUT2D eigenvalue weighted by molar-refractivity contribution is 5.45. The SMILES string of the molecule is COc1cnc(-c2cnc(OC)nn2)nn1. The van der Waals surface area contributed by atoms with Crippen LogP contribution in [0, 0.1) is 0 Å². The Kier molecular flexibility index (Phi) is 2.81. The van der Waals surface area contributed by atoms with Crippen molar-refractivity contribution in [1.29, 1.82) is 0 Å². The van der Waals surface area contributed by atoms with E-state index in [4.69, 9.17) is 9.47 Å². The minimum Gasteiger partial charge on any atom is -0.479 e. The van der Waals surface area contributed by atoms with Gasteiger partial charge in [-0.05, 0) is 0 Å². The molecule has 8 nitrogen and oxygen atoms in total. The molecule has 0 unspecified atom stereocenters. The summed E-state index contributed by atoms with van der Waals surface area (Å²) in [6.45, 7) is 0. The van der Waals surface area contributed by atoms with Gasteiger partial charge in [-0.25, -0.2) is 4.98 Å². The molecule has 0 spiro atoms. The summed E-state index contributed by atoms with van der Waals surface area (Å²) in [5.41, 5.74) is 0.413. The highest BCUT2D eigenvalue weighted by Gasteiger charge is 2.06. The molecule has 0 aromatic carbocycles. The van der Waals surface area contributed by atoms with Crippen molar-refractivity contribution < 1.29 is 9.47 Å². The van der Waals surface area contributed by atoms with E-state index in [1.54, 1.807) is 0 Å². The lowest BCUT2D eigenvalue weighted by Gasteiger charge is -1.99. The second kappa shape index (κ2) is 4.43. The average molecular weight is 220 g/mol. The van der Waals surface area contributed by atoms with Gasteiger partial charge in [-0.15, -0.1) is 15.3 Å². The van der Waals surface area contributed by atoms with Crippen LogP contribution < -0.4 is 9.47 Å². The summed E-state index contributed by atoms with van der Waals surface area (Å²) in [4.78, 5) is 7.87. The van der Waals surface area contributed by atoms with Crippen LogP contribution in [0.4, 0.5) is 0 Å². The van der Waals surface area contributed by atoms with Crippen LogP contribution in [0.1, 0.15) is 0 Å². The molecule has 0 aliphatic rings. The van der Waals surface area contributed by atoms with Crippen molar-refractivity contribution in [3.8, 4) is 23.4 Å². The normalized spacial score (nSPS) is 9.88. The summed E-state index contributed by atoms with van der Waals surface area (Å²) < 4.78 is 9.61. The van der Waals surface area contributed by atoms with E-state index in [2.05, 4.69) is 30.4 Å². The fourth-order valence-electron chi connectivity index (χ4n) is 0.936. The fourth-order valence-corrected chi connectivity index (χ4v) is 0.936. The number of aromatic nitrogens is 6. The van der Waals surface area contributed by atoms with Crippen LogP contribution in [0.25, 0.3) is 11.5 Å². The first-order valence-corrected chi connectivity index (χ1v) is 4.31. The van der Waals surface area contributed by atoms with E-state index >= 15 is 0 Å². The van der Waals surface area contributed by atoms with Crippen LogP contribution in [0.3, 0.4) is 0 Å². The molecule has 16 heavy (non-hydrogen) atoms. The lowest BCUT2D eigenvalue weighted by atomic mass is 10.4. The van der Waals surface area contributed by atoms with Crippen LogP contribution in [0.2, 0.25) is 0 Å². The summed E-state index contributed by atoms with van der Waals surface area (Å²) in [5.74, 6) is 0.654. The number of rotatable bonds is 3. The molecule has 0 amide bonds. The molecule has 82 valence electrons. The number of ether oxygens (including phenoxy) is 2. The van der Waals surface area contributed by atoms with Crippen molar-refractivity contribution in [2.75, 3.05) is 14.2 Å². The monoisotopic (exact) mass is 220 g/mol. The molecule has 2 aromatic heterocycles. The van der Waals surface area contributed by atoms with Crippen molar-refractivity contribution in [2.45, 2.75) is 0 Å². The van der Waals surface area contributed by atoms with Crippen LogP contribution >= 0.6 is 0 Å². The lowest BCUT2D eigenvalue weighted by Crippen LogP contribution is -2.00. The fraction of sp³-hybridized carbons (Fsp3) is 0.250. The molecule has 0 saturated heterocycles. The third kappa shape index (κ3) is 2.00. The predicted molar refractivity (Wildman–Crippen MR) is 51.8 cm³/mol. The summed E-state index contributed by atoms with van der Waals surface area (Å²) in [5, 5.41) is 15.1. The maximum atomic E-state index is 4.83. The Morgan fingerprint density at radius 2 is 1.75 bits per heavy atom. The Morgan fingerprint density at radius 1 is 0.875 bits per heavy atom. The van der Waals surface area contributed by atoms with Gasteiger partial charge >= 0.3 is 6.01 Å². The molecule has 0 aliphatic heterocycles. The number of methoxy groups -OCH3 is 2. The third-order valence-electron chi connectivity index (χ3n) is 1.70. The summed E-state index contributed by atoms with van der Waals surface area (Å²) in [7, 11) is 2.95. The van der Waals surface area contributed by atoms with Gasteiger partial charge in [-0.2, -0.15) is 4.98 Å². The molecular weight excluding hydrogens is 212 g/mol. The Hall–Kier alpha value is -2.38. The van der Waals surface area contributed by atoms with Gasteiger partial charge in [0.2, 0.25) is 5.82 Å². The Morgan fingerprint density at radius 3 is 2.25 bits per heavy atom. The van der Waals surface area contributed by atoms with E-state index in [0.717, 1.165) is 0 Å². The molecule has 2 rings (SSSR count). The van der Waals surface area contributed by atoms with E-state index in [-0.39, 0.29) is 6.01 Å². The molecular formula is C8H8N6O2. The van der Waals surface area contributed by atoms with Crippen molar-refractivity contribution in [3.63, 3.8) is 0 Å². The number of hydrogen-bond donors (Lipinski definition) is 0. The second-order valence-electron chi connectivity index (χ2n) is 2.65. The summed E-state index contributed by atoms with van der Waals surface area (Å²) in [6, 6.07) is 0.185. The van der Waals surface area contributed by atoms with Gasteiger partial charge in [0.05, 0.1) is 26.6 Å². The van der Waals surface area contributed by atoms with Crippen LogP contribution in [-0.2, 0) is 0 Å². The average Bonchev–Trinajstić information content (AvgIpc) is 2.39. The van der Waals surface area contributed by atoms with Gasteiger partial charge in [0.1, 0.15) is 0 Å². The maximum absolute atomic E-state index is 4.83. The van der Waals surface area contributed by atoms with Crippen LogP contribution in [-0.4, -0.2) is 44.6 Å². The minimum absolute atomic E-state index is 0.185. The Balaban J connectivity index is 2.28. The maximum Gasteiger partial charge on any atom is 0.335 e. The molecule has 8 heteroatoms. The first-order valence-electron chi connectivity index (χ1n) is 4.31. The van der Waals surface area contributed by atoms with E-state index in [9.17, 15) is 0 Å². The van der Waals surface area contributed by atoms with Gasteiger partial charge in [-0.1, -0.05) is 5.10 Å². The van der Waals surface area contributed by atoms with Crippen molar-refractivity contribution in [3.05, 3.63) is 12.4 Å². The minimum atomic E-state index is 0.185. The first kappa shape index (κ1) is 10.1. The summed E-state index contributed by atoms with van der Waals surface area (Å²) in [6.07, 6.45) is 2.89. The number of nitrogens with zero attached hydrogens (tertiary/aromatic N) is 6. The van der Waals surface area contributed by atoms with Gasteiger partial charge in [0, 0.05) is 0 Å². The lowest BCUT2D eigenvalue weighted by molar-refractivity contribution is 0.373. The van der Waals surface area contributed by atoms with E-state index in [1.165, 1.54) is 26.6 Å². The van der Waals surface area contributed by atoms with E-state index < -0.39 is 0 Å². The zero-order valence-electron chi connectivity index (χ0n) is 8.65. The molecule has 0 saturated carbocycles. The molecule has 0 fully saturated rings. The Labute approximate surface area is 90.7 Å². The molecule has 0 aliphatic carbocycles. The van der Waals surface area contributed by atoms with Crippen molar-refractivity contribution >= 4 is 0 Å².